The number of H-pyrrole nitrogens is 1. The topological polar surface area (TPSA) is 65.6 Å². The molecule has 0 saturated carbocycles. The number of likely N-dealkylation sites (tertiary alicyclic amines) is 2. The average molecular weight is 396 g/mol. The van der Waals surface area contributed by atoms with E-state index in [1.54, 1.807) is 0 Å². The smallest absolute Gasteiger partial charge is 0.222 e. The predicted molar refractivity (Wildman–Crippen MR) is 110 cm³/mol. The molecular weight excluding hydrogens is 366 g/mol. The maximum atomic E-state index is 12.7. The lowest BCUT2D eigenvalue weighted by molar-refractivity contribution is -0.141. The molecule has 0 aliphatic carbocycles. The van der Waals surface area contributed by atoms with Gasteiger partial charge in [-0.1, -0.05) is 18.2 Å². The minimum absolute atomic E-state index is 0.208. The Morgan fingerprint density at radius 3 is 2.76 bits per heavy atom. The number of hydrogen-bond acceptors (Lipinski definition) is 3. The lowest BCUT2D eigenvalue weighted by atomic mass is 9.83. The number of benzene rings is 1. The van der Waals surface area contributed by atoms with E-state index in [4.69, 9.17) is 4.74 Å². The minimum Gasteiger partial charge on any atom is -0.368 e. The highest BCUT2D eigenvalue weighted by atomic mass is 16.5. The van der Waals surface area contributed by atoms with Crippen LogP contribution in [0, 0.1) is 0 Å². The van der Waals surface area contributed by atoms with Gasteiger partial charge in [-0.3, -0.25) is 9.59 Å². The van der Waals surface area contributed by atoms with Crippen LogP contribution in [0.3, 0.4) is 0 Å². The SMILES string of the molecule is O=C1CCCN1CCCC(=O)N1CCC2(CC1)OCCc1c2[nH]c2ccccc12. The van der Waals surface area contributed by atoms with E-state index in [1.165, 1.54) is 22.2 Å². The van der Waals surface area contributed by atoms with Gasteiger partial charge in [0.25, 0.3) is 0 Å². The largest absolute Gasteiger partial charge is 0.368 e. The summed E-state index contributed by atoms with van der Waals surface area (Å²) in [5, 5.41) is 1.31. The Labute approximate surface area is 171 Å². The van der Waals surface area contributed by atoms with Crippen molar-refractivity contribution in [3.05, 3.63) is 35.5 Å². The van der Waals surface area contributed by atoms with Crippen LogP contribution < -0.4 is 0 Å². The number of aromatic amines is 1. The van der Waals surface area contributed by atoms with Crippen molar-refractivity contribution in [2.45, 2.75) is 50.5 Å². The van der Waals surface area contributed by atoms with E-state index in [1.807, 2.05) is 9.80 Å². The van der Waals surface area contributed by atoms with Crippen LogP contribution in [0.4, 0.5) is 0 Å². The first kappa shape index (κ1) is 18.7. The third-order valence-corrected chi connectivity index (χ3v) is 6.91. The van der Waals surface area contributed by atoms with Crippen molar-refractivity contribution in [1.82, 2.24) is 14.8 Å². The number of piperidine rings is 1. The standard InChI is InChI=1S/C23H29N3O3/c27-20-7-3-12-25(20)13-4-8-21(28)26-14-10-23(11-15-26)22-18(9-16-29-23)17-5-1-2-6-19(17)24-22/h1-2,5-6,24H,3-4,7-16H2. The van der Waals surface area contributed by atoms with Gasteiger partial charge in [-0.25, -0.2) is 0 Å². The summed E-state index contributed by atoms with van der Waals surface area (Å²) in [5.41, 5.74) is 3.51. The molecule has 6 nitrogen and oxygen atoms in total. The van der Waals surface area contributed by atoms with Gasteiger partial charge < -0.3 is 19.5 Å². The maximum Gasteiger partial charge on any atom is 0.222 e. The molecule has 3 aliphatic rings. The lowest BCUT2D eigenvalue weighted by Crippen LogP contribution is -2.48. The van der Waals surface area contributed by atoms with Crippen molar-refractivity contribution >= 4 is 22.7 Å². The number of fused-ring (bicyclic) bond motifs is 4. The summed E-state index contributed by atoms with van der Waals surface area (Å²) >= 11 is 0. The molecule has 2 saturated heterocycles. The maximum absolute atomic E-state index is 12.7. The monoisotopic (exact) mass is 395 g/mol. The van der Waals surface area contributed by atoms with Crippen LogP contribution in [-0.2, 0) is 26.3 Å². The van der Waals surface area contributed by atoms with Crippen molar-refractivity contribution in [1.29, 1.82) is 0 Å². The molecule has 0 radical (unpaired) electrons. The van der Waals surface area contributed by atoms with Gasteiger partial charge in [0.2, 0.25) is 11.8 Å². The highest BCUT2D eigenvalue weighted by Gasteiger charge is 2.43. The normalized spacial score (nSPS) is 21.2. The number of aromatic nitrogens is 1. The zero-order valence-electron chi connectivity index (χ0n) is 16.9. The van der Waals surface area contributed by atoms with Crippen molar-refractivity contribution in [3.63, 3.8) is 0 Å². The average Bonchev–Trinajstić information content (AvgIpc) is 3.33. The number of amides is 2. The fourth-order valence-corrected chi connectivity index (χ4v) is 5.30. The molecule has 6 heteroatoms. The molecule has 154 valence electrons. The van der Waals surface area contributed by atoms with Crippen LogP contribution in [0.5, 0.6) is 0 Å². The van der Waals surface area contributed by atoms with Crippen molar-refractivity contribution < 1.29 is 14.3 Å². The number of ether oxygens (including phenoxy) is 1. The number of nitrogens with zero attached hydrogens (tertiary/aromatic N) is 2. The zero-order valence-corrected chi connectivity index (χ0v) is 16.9. The number of carbonyl (C=O) groups is 2. The Kier molecular flexibility index (Phi) is 4.82. The molecule has 3 aliphatic heterocycles. The molecule has 2 aromatic rings. The van der Waals surface area contributed by atoms with E-state index < -0.39 is 0 Å². The van der Waals surface area contributed by atoms with E-state index in [0.717, 1.165) is 58.3 Å². The molecule has 0 unspecified atom stereocenters. The highest BCUT2D eigenvalue weighted by Crippen LogP contribution is 2.43. The van der Waals surface area contributed by atoms with Crippen LogP contribution >= 0.6 is 0 Å². The Hall–Kier alpha value is -2.34. The van der Waals surface area contributed by atoms with Crippen molar-refractivity contribution in [3.8, 4) is 0 Å². The Bertz CT molecular complexity index is 927. The molecule has 5 rings (SSSR count). The van der Waals surface area contributed by atoms with Crippen molar-refractivity contribution in [2.75, 3.05) is 32.8 Å². The molecule has 0 bridgehead atoms. The third-order valence-electron chi connectivity index (χ3n) is 6.91. The fraction of sp³-hybridized carbons (Fsp3) is 0.565. The number of rotatable bonds is 4. The summed E-state index contributed by atoms with van der Waals surface area (Å²) in [6, 6.07) is 8.48. The molecule has 1 aromatic carbocycles. The molecule has 2 fully saturated rings. The molecule has 0 atom stereocenters. The Morgan fingerprint density at radius 2 is 1.97 bits per heavy atom. The summed E-state index contributed by atoms with van der Waals surface area (Å²) < 4.78 is 6.34. The van der Waals surface area contributed by atoms with E-state index in [9.17, 15) is 9.59 Å². The first-order chi connectivity index (χ1) is 14.2. The summed E-state index contributed by atoms with van der Waals surface area (Å²) in [6.45, 7) is 3.77. The van der Waals surface area contributed by atoms with Gasteiger partial charge in [0, 0.05) is 49.9 Å². The first-order valence-corrected chi connectivity index (χ1v) is 11.0. The van der Waals surface area contributed by atoms with E-state index in [2.05, 4.69) is 29.2 Å². The molecule has 1 spiro atoms. The number of nitrogens with one attached hydrogen (secondary N) is 1. The van der Waals surface area contributed by atoms with Crippen LogP contribution in [0.1, 0.15) is 49.8 Å². The molecular formula is C23H29N3O3. The highest BCUT2D eigenvalue weighted by molar-refractivity contribution is 5.85. The van der Waals surface area contributed by atoms with Gasteiger partial charge in [-0.05, 0) is 43.7 Å². The third kappa shape index (κ3) is 3.33. The van der Waals surface area contributed by atoms with Crippen molar-refractivity contribution in [2.24, 2.45) is 0 Å². The number of hydrogen-bond donors (Lipinski definition) is 1. The number of carbonyl (C=O) groups excluding carboxylic acids is 2. The summed E-state index contributed by atoms with van der Waals surface area (Å²) in [4.78, 5) is 31.9. The quantitative estimate of drug-likeness (QED) is 0.866. The van der Waals surface area contributed by atoms with Gasteiger partial charge in [-0.15, -0.1) is 0 Å². The van der Waals surface area contributed by atoms with Gasteiger partial charge >= 0.3 is 0 Å². The summed E-state index contributed by atoms with van der Waals surface area (Å²) in [5.74, 6) is 0.445. The predicted octanol–water partition coefficient (Wildman–Crippen LogP) is 2.96. The molecule has 4 heterocycles. The lowest BCUT2D eigenvalue weighted by Gasteiger charge is -2.43. The summed E-state index contributed by atoms with van der Waals surface area (Å²) in [6.07, 6.45) is 5.52. The Morgan fingerprint density at radius 1 is 1.14 bits per heavy atom. The van der Waals surface area contributed by atoms with E-state index >= 15 is 0 Å². The molecule has 1 aromatic heterocycles. The van der Waals surface area contributed by atoms with Gasteiger partial charge in [0.1, 0.15) is 5.60 Å². The van der Waals surface area contributed by atoms with Gasteiger partial charge in [0.15, 0.2) is 0 Å². The zero-order chi connectivity index (χ0) is 19.8. The second-order valence-corrected chi connectivity index (χ2v) is 8.59. The molecule has 1 N–H and O–H groups in total. The fourth-order valence-electron chi connectivity index (χ4n) is 5.30. The van der Waals surface area contributed by atoms with E-state index in [0.29, 0.717) is 19.4 Å². The van der Waals surface area contributed by atoms with Crippen LogP contribution in [0.25, 0.3) is 10.9 Å². The first-order valence-electron chi connectivity index (χ1n) is 11.0. The second-order valence-electron chi connectivity index (χ2n) is 8.59. The second kappa shape index (κ2) is 7.48. The van der Waals surface area contributed by atoms with Gasteiger partial charge in [0.05, 0.1) is 12.3 Å². The van der Waals surface area contributed by atoms with Crippen LogP contribution in [0.15, 0.2) is 24.3 Å². The van der Waals surface area contributed by atoms with Crippen LogP contribution in [-0.4, -0.2) is 59.4 Å². The number of para-hydroxylation sites is 1. The molecule has 2 amide bonds. The minimum atomic E-state index is -0.286. The molecule has 29 heavy (non-hydrogen) atoms. The van der Waals surface area contributed by atoms with Crippen LogP contribution in [0.2, 0.25) is 0 Å². The van der Waals surface area contributed by atoms with E-state index in [-0.39, 0.29) is 17.4 Å². The summed E-state index contributed by atoms with van der Waals surface area (Å²) in [7, 11) is 0. The van der Waals surface area contributed by atoms with Gasteiger partial charge in [-0.2, -0.15) is 0 Å². The Balaban J connectivity index is 1.22.